The molecule has 2 rings (SSSR count). The fraction of sp³-hybridized carbons (Fsp3) is 0.100. The van der Waals surface area contributed by atoms with Crippen LogP contribution in [0.2, 0.25) is 0 Å². The van der Waals surface area contributed by atoms with E-state index in [1.54, 1.807) is 0 Å². The minimum absolute atomic E-state index is 0.109. The van der Waals surface area contributed by atoms with Gasteiger partial charge in [-0.1, -0.05) is 15.9 Å². The molecular weight excluding hydrogens is 341 g/mol. The molecule has 0 spiro atoms. The first-order valence-corrected chi connectivity index (χ1v) is 7.32. The summed E-state index contributed by atoms with van der Waals surface area (Å²) in [4.78, 5) is -0.549. The van der Waals surface area contributed by atoms with Crippen LogP contribution in [0.5, 0.6) is 0 Å². The number of aliphatic hydroxyl groups excluding tert-OH is 1. The normalized spacial score (nSPS) is 11.5. The number of halogens is 2. The van der Waals surface area contributed by atoms with E-state index in [0.717, 1.165) is 6.07 Å². The van der Waals surface area contributed by atoms with Gasteiger partial charge in [0.2, 0.25) is 0 Å². The highest BCUT2D eigenvalue weighted by molar-refractivity contribution is 9.10. The Bertz CT molecular complexity index is 688. The van der Waals surface area contributed by atoms with Crippen molar-refractivity contribution in [1.29, 1.82) is 0 Å². The molecule has 1 aromatic carbocycles. The van der Waals surface area contributed by atoms with Crippen molar-refractivity contribution in [3.8, 4) is 0 Å². The number of benzene rings is 1. The van der Waals surface area contributed by atoms with Crippen LogP contribution >= 0.6 is 15.9 Å². The van der Waals surface area contributed by atoms with E-state index in [1.165, 1.54) is 18.5 Å². The van der Waals surface area contributed by atoms with Gasteiger partial charge in [-0.25, -0.2) is 12.8 Å². The number of anilines is 1. The molecule has 6 nitrogen and oxygen atoms in total. The highest BCUT2D eigenvalue weighted by Crippen LogP contribution is 2.25. The molecule has 0 saturated carbocycles. The number of nitrogens with zero attached hydrogens (tertiary/aromatic N) is 1. The zero-order chi connectivity index (χ0) is 14.0. The zero-order valence-corrected chi connectivity index (χ0v) is 11.8. The monoisotopic (exact) mass is 349 g/mol. The van der Waals surface area contributed by atoms with Crippen LogP contribution in [0.4, 0.5) is 10.1 Å². The lowest BCUT2D eigenvalue weighted by atomic mass is 10.2. The van der Waals surface area contributed by atoms with Crippen molar-refractivity contribution in [2.24, 2.45) is 0 Å². The number of nitrogens with one attached hydrogen (secondary N) is 2. The van der Waals surface area contributed by atoms with Gasteiger partial charge in [0, 0.05) is 16.2 Å². The van der Waals surface area contributed by atoms with E-state index in [-0.39, 0.29) is 11.3 Å². The quantitative estimate of drug-likeness (QED) is 0.781. The standard InChI is InChI=1S/C10H9BrFN3O3S/c11-7-1-6(5-16)10(12)9(2-7)19(17,18)15-8-3-13-14-4-8/h1-4,15-16H,5H2,(H,13,14). The number of rotatable bonds is 4. The highest BCUT2D eigenvalue weighted by Gasteiger charge is 2.22. The molecule has 0 atom stereocenters. The summed E-state index contributed by atoms with van der Waals surface area (Å²) >= 11 is 3.07. The van der Waals surface area contributed by atoms with Crippen LogP contribution in [0.25, 0.3) is 0 Å². The third-order valence-electron chi connectivity index (χ3n) is 2.29. The van der Waals surface area contributed by atoms with Crippen LogP contribution in [-0.4, -0.2) is 23.7 Å². The van der Waals surface area contributed by atoms with Crippen LogP contribution in [0.3, 0.4) is 0 Å². The first-order valence-electron chi connectivity index (χ1n) is 5.04. The summed E-state index contributed by atoms with van der Waals surface area (Å²) in [5.41, 5.74) is 0.0758. The molecule has 0 aliphatic heterocycles. The highest BCUT2D eigenvalue weighted by atomic mass is 79.9. The number of aromatic amines is 1. The molecule has 19 heavy (non-hydrogen) atoms. The van der Waals surface area contributed by atoms with E-state index < -0.39 is 27.3 Å². The van der Waals surface area contributed by atoms with E-state index >= 15 is 0 Å². The van der Waals surface area contributed by atoms with Gasteiger partial charge in [-0.3, -0.25) is 9.82 Å². The molecule has 2 aromatic rings. The van der Waals surface area contributed by atoms with E-state index in [0.29, 0.717) is 4.47 Å². The van der Waals surface area contributed by atoms with Crippen molar-refractivity contribution >= 4 is 31.6 Å². The van der Waals surface area contributed by atoms with Crippen LogP contribution < -0.4 is 4.72 Å². The topological polar surface area (TPSA) is 95.1 Å². The predicted molar refractivity (Wildman–Crippen MR) is 69.4 cm³/mol. The van der Waals surface area contributed by atoms with Crippen molar-refractivity contribution < 1.29 is 17.9 Å². The Labute approximate surface area is 116 Å². The molecule has 3 N–H and O–H groups in total. The minimum atomic E-state index is -4.10. The lowest BCUT2D eigenvalue weighted by Gasteiger charge is -2.10. The fourth-order valence-electron chi connectivity index (χ4n) is 1.45. The minimum Gasteiger partial charge on any atom is -0.392 e. The Morgan fingerprint density at radius 2 is 2.21 bits per heavy atom. The summed E-state index contributed by atoms with van der Waals surface area (Å²) in [7, 11) is -4.10. The average molecular weight is 350 g/mol. The number of aliphatic hydroxyl groups is 1. The van der Waals surface area contributed by atoms with E-state index in [1.807, 2.05) is 0 Å². The molecular formula is C10H9BrFN3O3S. The summed E-state index contributed by atoms with van der Waals surface area (Å²) in [6.45, 7) is -0.598. The van der Waals surface area contributed by atoms with Gasteiger partial charge in [0.1, 0.15) is 10.7 Å². The largest absolute Gasteiger partial charge is 0.392 e. The Balaban J connectivity index is 2.48. The van der Waals surface area contributed by atoms with Crippen LogP contribution in [0.15, 0.2) is 33.9 Å². The van der Waals surface area contributed by atoms with Crippen LogP contribution in [0.1, 0.15) is 5.56 Å². The second-order valence-electron chi connectivity index (χ2n) is 3.63. The van der Waals surface area contributed by atoms with E-state index in [9.17, 15) is 12.8 Å². The Morgan fingerprint density at radius 3 is 2.79 bits per heavy atom. The molecule has 0 amide bonds. The Hall–Kier alpha value is -1.45. The Kier molecular flexibility index (Phi) is 3.88. The third kappa shape index (κ3) is 2.94. The number of hydrogen-bond acceptors (Lipinski definition) is 4. The first kappa shape index (κ1) is 14.0. The Morgan fingerprint density at radius 1 is 1.47 bits per heavy atom. The van der Waals surface area contributed by atoms with Gasteiger partial charge < -0.3 is 5.11 Å². The van der Waals surface area contributed by atoms with E-state index in [2.05, 4.69) is 30.8 Å². The van der Waals surface area contributed by atoms with Gasteiger partial charge in [0.05, 0.1) is 18.5 Å². The third-order valence-corrected chi connectivity index (χ3v) is 4.13. The molecule has 0 unspecified atom stereocenters. The van der Waals surface area contributed by atoms with Crippen molar-refractivity contribution in [1.82, 2.24) is 10.2 Å². The lowest BCUT2D eigenvalue weighted by molar-refractivity contribution is 0.274. The van der Waals surface area contributed by atoms with Crippen molar-refractivity contribution in [2.75, 3.05) is 4.72 Å². The molecule has 1 heterocycles. The van der Waals surface area contributed by atoms with Gasteiger partial charge in [-0.05, 0) is 12.1 Å². The maximum atomic E-state index is 14.0. The lowest BCUT2D eigenvalue weighted by Crippen LogP contribution is -2.15. The SMILES string of the molecule is O=S(=O)(Nc1cn[nH]c1)c1cc(Br)cc(CO)c1F. The van der Waals surface area contributed by atoms with Crippen LogP contribution in [0, 0.1) is 5.82 Å². The summed E-state index contributed by atoms with van der Waals surface area (Å²) in [5.74, 6) is -0.985. The number of sulfonamides is 1. The first-order chi connectivity index (χ1) is 8.94. The molecule has 0 radical (unpaired) electrons. The fourth-order valence-corrected chi connectivity index (χ4v) is 3.28. The molecule has 102 valence electrons. The maximum absolute atomic E-state index is 14.0. The van der Waals surface area contributed by atoms with Gasteiger partial charge in [-0.15, -0.1) is 0 Å². The number of H-pyrrole nitrogens is 1. The van der Waals surface area contributed by atoms with Gasteiger partial charge in [-0.2, -0.15) is 5.10 Å². The van der Waals surface area contributed by atoms with Crippen LogP contribution in [-0.2, 0) is 16.6 Å². The number of hydrogen-bond donors (Lipinski definition) is 3. The van der Waals surface area contributed by atoms with E-state index in [4.69, 9.17) is 5.11 Å². The summed E-state index contributed by atoms with van der Waals surface area (Å²) in [5, 5.41) is 15.0. The van der Waals surface area contributed by atoms with Crippen molar-refractivity contribution in [2.45, 2.75) is 11.5 Å². The van der Waals surface area contributed by atoms with Gasteiger partial charge in [0.15, 0.2) is 0 Å². The van der Waals surface area contributed by atoms with Crippen molar-refractivity contribution in [3.63, 3.8) is 0 Å². The summed E-state index contributed by atoms with van der Waals surface area (Å²) < 4.78 is 40.6. The van der Waals surface area contributed by atoms with Crippen molar-refractivity contribution in [3.05, 3.63) is 40.4 Å². The molecule has 1 aromatic heterocycles. The maximum Gasteiger partial charge on any atom is 0.264 e. The molecule has 0 fully saturated rings. The smallest absolute Gasteiger partial charge is 0.264 e. The predicted octanol–water partition coefficient (Wildman–Crippen LogP) is 1.60. The van der Waals surface area contributed by atoms with Gasteiger partial charge in [0.25, 0.3) is 10.0 Å². The number of aromatic nitrogens is 2. The molecule has 0 aliphatic rings. The molecule has 0 aliphatic carbocycles. The molecule has 9 heteroatoms. The second kappa shape index (κ2) is 5.27. The zero-order valence-electron chi connectivity index (χ0n) is 9.39. The molecule has 0 bridgehead atoms. The average Bonchev–Trinajstić information content (AvgIpc) is 2.83. The summed E-state index contributed by atoms with van der Waals surface area (Å²) in [6.07, 6.45) is 2.57. The van der Waals surface area contributed by atoms with Gasteiger partial charge >= 0.3 is 0 Å². The second-order valence-corrected chi connectivity index (χ2v) is 6.19. The molecule has 0 saturated heterocycles. The summed E-state index contributed by atoms with van der Waals surface area (Å²) in [6, 6.07) is 2.43.